The molecule has 150 valence electrons. The fraction of sp³-hybridized carbons (Fsp3) is 0.444. The number of ether oxygens (including phenoxy) is 1. The van der Waals surface area contributed by atoms with Crippen LogP contribution in [0.25, 0.3) is 0 Å². The molecule has 2 unspecified atom stereocenters. The van der Waals surface area contributed by atoms with Gasteiger partial charge in [-0.05, 0) is 25.5 Å². The minimum Gasteiger partial charge on any atom is -0.372 e. The molecule has 3 rings (SSSR count). The molecule has 1 aliphatic rings. The van der Waals surface area contributed by atoms with E-state index >= 15 is 0 Å². The van der Waals surface area contributed by atoms with E-state index < -0.39 is 0 Å². The first kappa shape index (κ1) is 24.1. The molecule has 1 aromatic heterocycles. The summed E-state index contributed by atoms with van der Waals surface area (Å²) in [7, 11) is 0. The third-order valence-corrected chi connectivity index (χ3v) is 5.76. The molecule has 5 nitrogen and oxygen atoms in total. The summed E-state index contributed by atoms with van der Waals surface area (Å²) in [6.45, 7) is 6.63. The van der Waals surface area contributed by atoms with Gasteiger partial charge in [0.25, 0.3) is 5.91 Å². The molecule has 27 heavy (non-hydrogen) atoms. The zero-order chi connectivity index (χ0) is 17.8. The lowest BCUT2D eigenvalue weighted by atomic mass is 10.0. The lowest BCUT2D eigenvalue weighted by Gasteiger charge is -2.36. The highest BCUT2D eigenvalue weighted by Gasteiger charge is 2.31. The van der Waals surface area contributed by atoms with Gasteiger partial charge in [-0.25, -0.2) is 4.98 Å². The molecule has 1 aliphatic heterocycles. The topological polar surface area (TPSA) is 54.5 Å². The molecular weight excluding hydrogens is 429 g/mol. The zero-order valence-corrected chi connectivity index (χ0v) is 18.4. The maximum Gasteiger partial charge on any atom is 0.266 e. The molecule has 2 heterocycles. The van der Waals surface area contributed by atoms with E-state index in [-0.39, 0.29) is 42.9 Å². The van der Waals surface area contributed by atoms with Gasteiger partial charge in [0, 0.05) is 31.3 Å². The van der Waals surface area contributed by atoms with Crippen molar-refractivity contribution in [2.45, 2.75) is 26.0 Å². The predicted molar refractivity (Wildman–Crippen MR) is 115 cm³/mol. The largest absolute Gasteiger partial charge is 0.372 e. The second kappa shape index (κ2) is 11.2. The monoisotopic (exact) mass is 451 g/mol. The SMILES string of the molecule is CCOC(C)c1ncc(C(=O)N2CCNCC2c2ccccc2Cl)s1.Cl.Cl. The number of hydrogen-bond acceptors (Lipinski definition) is 5. The molecule has 9 heteroatoms. The van der Waals surface area contributed by atoms with E-state index in [9.17, 15) is 4.79 Å². The third-order valence-electron chi connectivity index (χ3n) is 4.27. The van der Waals surface area contributed by atoms with Crippen LogP contribution in [0.1, 0.15) is 46.2 Å². The van der Waals surface area contributed by atoms with Gasteiger partial charge in [-0.15, -0.1) is 36.2 Å². The number of carbonyl (C=O) groups is 1. The highest BCUT2D eigenvalue weighted by atomic mass is 35.5. The third kappa shape index (κ3) is 5.56. The van der Waals surface area contributed by atoms with Gasteiger partial charge in [0.1, 0.15) is 16.0 Å². The fourth-order valence-corrected chi connectivity index (χ4v) is 4.14. The molecule has 1 fully saturated rings. The van der Waals surface area contributed by atoms with Crippen molar-refractivity contribution in [3.63, 3.8) is 0 Å². The Balaban J connectivity index is 0.00000182. The number of thiazole rings is 1. The summed E-state index contributed by atoms with van der Waals surface area (Å²) in [6, 6.07) is 7.62. The first-order valence-corrected chi connectivity index (χ1v) is 9.64. The number of rotatable bonds is 5. The first-order valence-electron chi connectivity index (χ1n) is 8.45. The molecule has 0 bridgehead atoms. The Hall–Kier alpha value is -0.890. The predicted octanol–water partition coefficient (Wildman–Crippen LogP) is 4.52. The van der Waals surface area contributed by atoms with Gasteiger partial charge in [0.2, 0.25) is 0 Å². The van der Waals surface area contributed by atoms with Crippen molar-refractivity contribution in [3.8, 4) is 0 Å². The van der Waals surface area contributed by atoms with Crippen LogP contribution in [0.5, 0.6) is 0 Å². The highest BCUT2D eigenvalue weighted by Crippen LogP contribution is 2.31. The number of piperazine rings is 1. The van der Waals surface area contributed by atoms with E-state index in [1.807, 2.05) is 43.0 Å². The Bertz CT molecular complexity index is 744. The molecule has 1 saturated heterocycles. The van der Waals surface area contributed by atoms with Crippen molar-refractivity contribution in [2.75, 3.05) is 26.2 Å². The Kier molecular flexibility index (Phi) is 10.0. The number of hydrogen-bond donors (Lipinski definition) is 1. The highest BCUT2D eigenvalue weighted by molar-refractivity contribution is 7.13. The summed E-state index contributed by atoms with van der Waals surface area (Å²) in [4.78, 5) is 20.0. The van der Waals surface area contributed by atoms with Crippen molar-refractivity contribution >= 4 is 53.7 Å². The van der Waals surface area contributed by atoms with Gasteiger partial charge in [-0.1, -0.05) is 29.8 Å². The van der Waals surface area contributed by atoms with Gasteiger partial charge in [0.15, 0.2) is 0 Å². The fourth-order valence-electron chi connectivity index (χ4n) is 3.01. The maximum atomic E-state index is 13.1. The molecule has 1 aromatic carbocycles. The van der Waals surface area contributed by atoms with Crippen LogP contribution in [0.15, 0.2) is 30.5 Å². The Morgan fingerprint density at radius 2 is 2.19 bits per heavy atom. The lowest BCUT2D eigenvalue weighted by Crippen LogP contribution is -2.48. The number of nitrogens with one attached hydrogen (secondary N) is 1. The summed E-state index contributed by atoms with van der Waals surface area (Å²) in [6.07, 6.45) is 1.56. The van der Waals surface area contributed by atoms with Crippen LogP contribution in [0, 0.1) is 0 Å². The van der Waals surface area contributed by atoms with Gasteiger partial charge in [0.05, 0.1) is 12.2 Å². The molecule has 1 N–H and O–H groups in total. The smallest absolute Gasteiger partial charge is 0.266 e. The molecule has 1 amide bonds. The molecule has 0 saturated carbocycles. The Morgan fingerprint density at radius 3 is 2.89 bits per heavy atom. The lowest BCUT2D eigenvalue weighted by molar-refractivity contribution is 0.0639. The second-order valence-corrected chi connectivity index (χ2v) is 7.37. The summed E-state index contributed by atoms with van der Waals surface area (Å²) in [5.74, 6) is -0.00105. The maximum absolute atomic E-state index is 13.1. The van der Waals surface area contributed by atoms with Crippen LogP contribution in [0.2, 0.25) is 5.02 Å². The molecule has 2 atom stereocenters. The van der Waals surface area contributed by atoms with Crippen molar-refractivity contribution in [2.24, 2.45) is 0 Å². The van der Waals surface area contributed by atoms with Crippen molar-refractivity contribution in [1.82, 2.24) is 15.2 Å². The van der Waals surface area contributed by atoms with E-state index in [0.717, 1.165) is 17.1 Å². The minimum atomic E-state index is -0.0982. The Labute approximate surface area is 181 Å². The van der Waals surface area contributed by atoms with E-state index in [4.69, 9.17) is 16.3 Å². The van der Waals surface area contributed by atoms with Gasteiger partial charge in [-0.2, -0.15) is 0 Å². The average Bonchev–Trinajstić information content (AvgIpc) is 3.12. The zero-order valence-electron chi connectivity index (χ0n) is 15.2. The van der Waals surface area contributed by atoms with Crippen LogP contribution in [0.3, 0.4) is 0 Å². The number of nitrogens with zero attached hydrogens (tertiary/aromatic N) is 2. The van der Waals surface area contributed by atoms with Crippen LogP contribution in [-0.4, -0.2) is 42.0 Å². The summed E-state index contributed by atoms with van der Waals surface area (Å²) in [5, 5.41) is 4.86. The van der Waals surface area contributed by atoms with E-state index in [1.54, 1.807) is 6.20 Å². The van der Waals surface area contributed by atoms with Gasteiger partial charge < -0.3 is 15.0 Å². The standard InChI is InChI=1S/C18H22ClN3O2S.2ClH/c1-3-24-12(2)17-21-11-16(25-17)18(23)22-9-8-20-10-15(22)13-6-4-5-7-14(13)19;;/h4-7,11-12,15,20H,3,8-10H2,1-2H3;2*1H. The van der Waals surface area contributed by atoms with Gasteiger partial charge >= 0.3 is 0 Å². The van der Waals surface area contributed by atoms with Crippen molar-refractivity contribution < 1.29 is 9.53 Å². The molecule has 2 aromatic rings. The Morgan fingerprint density at radius 1 is 1.44 bits per heavy atom. The molecule has 0 aliphatic carbocycles. The molecular formula is C18H24Cl3N3O2S. The number of amides is 1. The van der Waals surface area contributed by atoms with E-state index in [2.05, 4.69) is 10.3 Å². The van der Waals surface area contributed by atoms with Crippen molar-refractivity contribution in [1.29, 1.82) is 0 Å². The molecule has 0 radical (unpaired) electrons. The summed E-state index contributed by atoms with van der Waals surface area (Å²) >= 11 is 7.77. The van der Waals surface area contributed by atoms with E-state index in [1.165, 1.54) is 11.3 Å². The van der Waals surface area contributed by atoms with Crippen LogP contribution in [-0.2, 0) is 4.74 Å². The first-order chi connectivity index (χ1) is 12.1. The second-order valence-electron chi connectivity index (χ2n) is 5.90. The summed E-state index contributed by atoms with van der Waals surface area (Å²) < 4.78 is 5.57. The van der Waals surface area contributed by atoms with Crippen LogP contribution < -0.4 is 5.32 Å². The summed E-state index contributed by atoms with van der Waals surface area (Å²) in [5.41, 5.74) is 0.970. The number of carbonyl (C=O) groups excluding carboxylic acids is 1. The van der Waals surface area contributed by atoms with Crippen LogP contribution >= 0.6 is 47.8 Å². The number of aromatic nitrogens is 1. The number of halogens is 3. The van der Waals surface area contributed by atoms with Crippen LogP contribution in [0.4, 0.5) is 0 Å². The quantitative estimate of drug-likeness (QED) is 0.724. The molecule has 0 spiro atoms. The normalized spacial score (nSPS) is 17.6. The number of benzene rings is 1. The van der Waals surface area contributed by atoms with Gasteiger partial charge in [-0.3, -0.25) is 4.79 Å². The minimum absolute atomic E-state index is 0. The van der Waals surface area contributed by atoms with Crippen molar-refractivity contribution in [3.05, 3.63) is 50.9 Å². The average molecular weight is 453 g/mol. The van der Waals surface area contributed by atoms with E-state index in [0.29, 0.717) is 29.6 Å².